The van der Waals surface area contributed by atoms with E-state index in [1.807, 2.05) is 12.1 Å². The minimum atomic E-state index is -0.368. The number of carbonyl (C=O) groups is 3. The molecule has 1 aliphatic heterocycles. The summed E-state index contributed by atoms with van der Waals surface area (Å²) in [6, 6.07) is 14.0. The third-order valence-electron chi connectivity index (χ3n) is 4.17. The lowest BCUT2D eigenvalue weighted by molar-refractivity contribution is -0.142. The van der Waals surface area contributed by atoms with Crippen LogP contribution >= 0.6 is 11.8 Å². The highest BCUT2D eigenvalue weighted by Crippen LogP contribution is 2.25. The maximum atomic E-state index is 12.3. The van der Waals surface area contributed by atoms with Crippen LogP contribution in [0.3, 0.4) is 0 Å². The van der Waals surface area contributed by atoms with Crippen molar-refractivity contribution in [3.05, 3.63) is 59.7 Å². The van der Waals surface area contributed by atoms with E-state index in [4.69, 9.17) is 10.5 Å². The van der Waals surface area contributed by atoms with Crippen LogP contribution < -0.4 is 5.73 Å². The standard InChI is InChI=1S/C20H20N2O4S/c1-13(27-15-9-7-14(21)8-10-15)20(25)26-12-4-11-22-18(23)16-5-2-3-6-17(16)19(22)24/h2-3,5-10,13H,4,11-12,21H2,1H3/t13-/m1/s1. The summed E-state index contributed by atoms with van der Waals surface area (Å²) in [5.41, 5.74) is 7.16. The van der Waals surface area contributed by atoms with Gasteiger partial charge in [0.1, 0.15) is 5.25 Å². The van der Waals surface area contributed by atoms with E-state index < -0.39 is 0 Å². The Morgan fingerprint density at radius 2 is 1.67 bits per heavy atom. The Bertz CT molecular complexity index is 832. The molecule has 0 aliphatic carbocycles. The van der Waals surface area contributed by atoms with Gasteiger partial charge in [-0.1, -0.05) is 12.1 Å². The smallest absolute Gasteiger partial charge is 0.319 e. The molecular weight excluding hydrogens is 364 g/mol. The molecule has 0 bridgehead atoms. The number of hydrogen-bond acceptors (Lipinski definition) is 6. The lowest BCUT2D eigenvalue weighted by Crippen LogP contribution is -2.31. The normalized spacial score (nSPS) is 14.2. The number of amides is 2. The number of nitrogens with zero attached hydrogens (tertiary/aromatic N) is 1. The molecule has 0 fully saturated rings. The highest BCUT2D eigenvalue weighted by Gasteiger charge is 2.34. The molecule has 0 radical (unpaired) electrons. The average Bonchev–Trinajstić information content (AvgIpc) is 2.91. The van der Waals surface area contributed by atoms with Gasteiger partial charge in [0.25, 0.3) is 11.8 Å². The second-order valence-corrected chi connectivity index (χ2v) is 7.57. The fourth-order valence-electron chi connectivity index (χ4n) is 2.75. The number of esters is 1. The van der Waals surface area contributed by atoms with Crippen molar-refractivity contribution >= 4 is 35.2 Å². The number of nitrogen functional groups attached to an aromatic ring is 1. The Morgan fingerprint density at radius 1 is 1.07 bits per heavy atom. The zero-order chi connectivity index (χ0) is 19.4. The van der Waals surface area contributed by atoms with Gasteiger partial charge in [0.05, 0.1) is 17.7 Å². The van der Waals surface area contributed by atoms with Crippen molar-refractivity contribution in [3.8, 4) is 0 Å². The predicted octanol–water partition coefficient (Wildman–Crippen LogP) is 2.98. The van der Waals surface area contributed by atoms with Gasteiger partial charge in [-0.05, 0) is 49.7 Å². The van der Waals surface area contributed by atoms with Crippen LogP contribution in [0.1, 0.15) is 34.1 Å². The number of fused-ring (bicyclic) bond motifs is 1. The van der Waals surface area contributed by atoms with Crippen LogP contribution in [0.4, 0.5) is 5.69 Å². The van der Waals surface area contributed by atoms with Crippen molar-refractivity contribution < 1.29 is 19.1 Å². The van der Waals surface area contributed by atoms with Crippen LogP contribution in [0, 0.1) is 0 Å². The summed E-state index contributed by atoms with van der Waals surface area (Å²) in [6.07, 6.45) is 0.399. The van der Waals surface area contributed by atoms with Crippen LogP contribution in [0.2, 0.25) is 0 Å². The van der Waals surface area contributed by atoms with Crippen molar-refractivity contribution in [2.75, 3.05) is 18.9 Å². The molecule has 1 heterocycles. The van der Waals surface area contributed by atoms with E-state index >= 15 is 0 Å². The van der Waals surface area contributed by atoms with Gasteiger partial charge >= 0.3 is 5.97 Å². The molecule has 1 atom stereocenters. The molecule has 1 aliphatic rings. The molecule has 3 rings (SSSR count). The average molecular weight is 384 g/mol. The zero-order valence-electron chi connectivity index (χ0n) is 14.9. The third kappa shape index (κ3) is 4.31. The zero-order valence-corrected chi connectivity index (χ0v) is 15.7. The van der Waals surface area contributed by atoms with Crippen LogP contribution in [0.25, 0.3) is 0 Å². The van der Waals surface area contributed by atoms with E-state index in [9.17, 15) is 14.4 Å². The van der Waals surface area contributed by atoms with Gasteiger partial charge in [-0.2, -0.15) is 0 Å². The summed E-state index contributed by atoms with van der Waals surface area (Å²) in [4.78, 5) is 38.7. The number of thioether (sulfide) groups is 1. The Kier molecular flexibility index (Phi) is 5.81. The van der Waals surface area contributed by atoms with Gasteiger partial charge in [-0.25, -0.2) is 0 Å². The first-order chi connectivity index (χ1) is 13.0. The first-order valence-corrected chi connectivity index (χ1v) is 9.49. The number of rotatable bonds is 7. The SMILES string of the molecule is C[C@@H](Sc1ccc(N)cc1)C(=O)OCCCN1C(=O)c2ccccc2C1=O. The molecule has 2 N–H and O–H groups in total. The van der Waals surface area contributed by atoms with Crippen molar-refractivity contribution in [2.24, 2.45) is 0 Å². The quantitative estimate of drug-likeness (QED) is 0.259. The lowest BCUT2D eigenvalue weighted by atomic mass is 10.1. The Balaban J connectivity index is 1.43. The Hall–Kier alpha value is -2.80. The van der Waals surface area contributed by atoms with Gasteiger partial charge in [-0.15, -0.1) is 11.8 Å². The first-order valence-electron chi connectivity index (χ1n) is 8.61. The summed E-state index contributed by atoms with van der Waals surface area (Å²) >= 11 is 1.39. The van der Waals surface area contributed by atoms with E-state index in [1.54, 1.807) is 43.3 Å². The van der Waals surface area contributed by atoms with Crippen LogP contribution in [0.5, 0.6) is 0 Å². The molecule has 7 heteroatoms. The van der Waals surface area contributed by atoms with Crippen molar-refractivity contribution in [1.82, 2.24) is 4.90 Å². The van der Waals surface area contributed by atoms with E-state index in [0.717, 1.165) is 4.90 Å². The molecule has 140 valence electrons. The summed E-state index contributed by atoms with van der Waals surface area (Å²) in [5.74, 6) is -0.928. The second kappa shape index (κ2) is 8.26. The third-order valence-corrected chi connectivity index (χ3v) is 5.26. The second-order valence-electron chi connectivity index (χ2n) is 6.16. The molecule has 2 aromatic rings. The number of ether oxygens (including phenoxy) is 1. The van der Waals surface area contributed by atoms with Gasteiger partial charge < -0.3 is 10.5 Å². The summed E-state index contributed by atoms with van der Waals surface area (Å²) in [7, 11) is 0. The van der Waals surface area contributed by atoms with E-state index in [2.05, 4.69) is 0 Å². The molecular formula is C20H20N2O4S. The minimum Gasteiger partial charge on any atom is -0.465 e. The van der Waals surface area contributed by atoms with Gasteiger partial charge in [-0.3, -0.25) is 19.3 Å². The topological polar surface area (TPSA) is 89.7 Å². The van der Waals surface area contributed by atoms with Crippen molar-refractivity contribution in [3.63, 3.8) is 0 Å². The van der Waals surface area contributed by atoms with Crippen LogP contribution in [0.15, 0.2) is 53.4 Å². The highest BCUT2D eigenvalue weighted by atomic mass is 32.2. The Labute approximate surface area is 161 Å². The van der Waals surface area contributed by atoms with E-state index in [0.29, 0.717) is 23.2 Å². The number of imide groups is 1. The van der Waals surface area contributed by atoms with E-state index in [1.165, 1.54) is 16.7 Å². The van der Waals surface area contributed by atoms with Crippen molar-refractivity contribution in [1.29, 1.82) is 0 Å². The summed E-state index contributed by atoms with van der Waals surface area (Å²) in [6.45, 7) is 2.14. The molecule has 0 saturated carbocycles. The lowest BCUT2D eigenvalue weighted by Gasteiger charge is -2.15. The molecule has 27 heavy (non-hydrogen) atoms. The number of benzene rings is 2. The molecule has 0 aromatic heterocycles. The van der Waals surface area contributed by atoms with Gasteiger partial charge in [0.15, 0.2) is 0 Å². The largest absolute Gasteiger partial charge is 0.465 e. The molecule has 2 aromatic carbocycles. The summed E-state index contributed by atoms with van der Waals surface area (Å²) in [5, 5.41) is -0.368. The number of anilines is 1. The molecule has 0 unspecified atom stereocenters. The maximum absolute atomic E-state index is 12.3. The predicted molar refractivity (Wildman–Crippen MR) is 104 cm³/mol. The maximum Gasteiger partial charge on any atom is 0.319 e. The highest BCUT2D eigenvalue weighted by molar-refractivity contribution is 8.00. The summed E-state index contributed by atoms with van der Waals surface area (Å²) < 4.78 is 5.27. The molecule has 0 spiro atoms. The first kappa shape index (κ1) is 19.0. The monoisotopic (exact) mass is 384 g/mol. The van der Waals surface area contributed by atoms with Gasteiger partial charge in [0, 0.05) is 17.1 Å². The number of hydrogen-bond donors (Lipinski definition) is 1. The molecule has 6 nitrogen and oxygen atoms in total. The van der Waals surface area contributed by atoms with Crippen LogP contribution in [-0.2, 0) is 9.53 Å². The van der Waals surface area contributed by atoms with Gasteiger partial charge in [0.2, 0.25) is 0 Å². The number of carbonyl (C=O) groups excluding carboxylic acids is 3. The van der Waals surface area contributed by atoms with Crippen molar-refractivity contribution in [2.45, 2.75) is 23.5 Å². The minimum absolute atomic E-state index is 0.152. The molecule has 2 amide bonds. The Morgan fingerprint density at radius 3 is 2.26 bits per heavy atom. The fraction of sp³-hybridized carbons (Fsp3) is 0.250. The van der Waals surface area contributed by atoms with Crippen LogP contribution in [-0.4, -0.2) is 41.1 Å². The van der Waals surface area contributed by atoms with E-state index in [-0.39, 0.29) is 36.2 Å². The number of nitrogens with two attached hydrogens (primary N) is 1. The fourth-order valence-corrected chi connectivity index (χ4v) is 3.62. The molecule has 0 saturated heterocycles.